The molecule has 1 atom stereocenters. The fourth-order valence-electron chi connectivity index (χ4n) is 1.79. The maximum Gasteiger partial charge on any atom is 0.129 e. The maximum absolute atomic E-state index is 5.65. The van der Waals surface area contributed by atoms with Crippen LogP contribution in [-0.2, 0) is 6.54 Å². The van der Waals surface area contributed by atoms with Crippen molar-refractivity contribution in [2.75, 3.05) is 14.2 Å². The highest BCUT2D eigenvalue weighted by molar-refractivity contribution is 7.80. The third-order valence-electron chi connectivity index (χ3n) is 3.31. The van der Waals surface area contributed by atoms with E-state index in [9.17, 15) is 0 Å². The number of hydrogen-bond donors (Lipinski definition) is 1. The first-order chi connectivity index (χ1) is 8.49. The van der Waals surface area contributed by atoms with E-state index in [-0.39, 0.29) is 0 Å². The van der Waals surface area contributed by atoms with Gasteiger partial charge in [-0.05, 0) is 38.1 Å². The molecule has 18 heavy (non-hydrogen) atoms. The minimum absolute atomic E-state index is 0.369. The van der Waals surface area contributed by atoms with Gasteiger partial charge in [-0.1, -0.05) is 25.2 Å². The summed E-state index contributed by atoms with van der Waals surface area (Å²) in [4.78, 5) is 2.68. The van der Waals surface area contributed by atoms with Crippen LogP contribution in [0.3, 0.4) is 0 Å². The highest BCUT2D eigenvalue weighted by Crippen LogP contribution is 2.21. The van der Waals surface area contributed by atoms with Crippen LogP contribution in [0.25, 0.3) is 0 Å². The zero-order valence-corrected chi connectivity index (χ0v) is 12.4. The van der Waals surface area contributed by atoms with Crippen LogP contribution in [0.1, 0.15) is 31.4 Å². The second-order valence-corrected chi connectivity index (χ2v) is 5.01. The van der Waals surface area contributed by atoms with Crippen molar-refractivity contribution in [2.24, 2.45) is 5.73 Å². The van der Waals surface area contributed by atoms with E-state index in [0.717, 1.165) is 24.3 Å². The summed E-state index contributed by atoms with van der Waals surface area (Å²) in [6.07, 6.45) is 1.14. The number of nitrogens with zero attached hydrogens (tertiary/aromatic N) is 1. The Morgan fingerprint density at radius 1 is 1.50 bits per heavy atom. The molecular formula is C14H22N2OS. The van der Waals surface area contributed by atoms with Gasteiger partial charge < -0.3 is 10.5 Å². The quantitative estimate of drug-likeness (QED) is 0.803. The Labute approximate surface area is 115 Å². The summed E-state index contributed by atoms with van der Waals surface area (Å²) in [6, 6.07) is 6.55. The van der Waals surface area contributed by atoms with Gasteiger partial charge in [0.05, 0.1) is 12.7 Å². The van der Waals surface area contributed by atoms with Crippen LogP contribution < -0.4 is 10.5 Å². The lowest BCUT2D eigenvalue weighted by Crippen LogP contribution is -2.27. The van der Waals surface area contributed by atoms with Gasteiger partial charge in [0.15, 0.2) is 0 Å². The summed E-state index contributed by atoms with van der Waals surface area (Å²) < 4.78 is 5.33. The summed E-state index contributed by atoms with van der Waals surface area (Å²) in [5.74, 6) is 0.748. The molecule has 0 saturated carbocycles. The van der Waals surface area contributed by atoms with Crippen molar-refractivity contribution < 1.29 is 4.74 Å². The Hall–Kier alpha value is -1.13. The number of hydrogen-bond acceptors (Lipinski definition) is 3. The van der Waals surface area contributed by atoms with Crippen molar-refractivity contribution in [2.45, 2.75) is 32.9 Å². The smallest absolute Gasteiger partial charge is 0.129 e. The summed E-state index contributed by atoms with van der Waals surface area (Å²) in [7, 11) is 3.77. The Balaban J connectivity index is 2.89. The second-order valence-electron chi connectivity index (χ2n) is 4.57. The molecule has 0 aromatic heterocycles. The average Bonchev–Trinajstić information content (AvgIpc) is 2.37. The molecule has 3 nitrogen and oxygen atoms in total. The van der Waals surface area contributed by atoms with Gasteiger partial charge in [-0.25, -0.2) is 0 Å². The molecule has 2 N–H and O–H groups in total. The van der Waals surface area contributed by atoms with E-state index in [2.05, 4.69) is 31.9 Å². The molecule has 0 aliphatic carbocycles. The molecule has 0 fully saturated rings. The van der Waals surface area contributed by atoms with Crippen LogP contribution in [0.5, 0.6) is 5.75 Å². The Morgan fingerprint density at radius 2 is 2.17 bits per heavy atom. The van der Waals surface area contributed by atoms with Gasteiger partial charge in [0, 0.05) is 12.6 Å². The first kappa shape index (κ1) is 14.9. The molecule has 1 unspecified atom stereocenters. The molecule has 1 aromatic rings. The van der Waals surface area contributed by atoms with Gasteiger partial charge in [-0.15, -0.1) is 0 Å². The van der Waals surface area contributed by atoms with E-state index in [1.165, 1.54) is 5.56 Å². The largest absolute Gasteiger partial charge is 0.496 e. The van der Waals surface area contributed by atoms with E-state index in [0.29, 0.717) is 11.0 Å². The molecule has 0 amide bonds. The minimum atomic E-state index is 0.369. The molecular weight excluding hydrogens is 244 g/mol. The van der Waals surface area contributed by atoms with Crippen molar-refractivity contribution in [1.82, 2.24) is 4.90 Å². The molecule has 0 heterocycles. The Kier molecular flexibility index (Phi) is 5.56. The van der Waals surface area contributed by atoms with Gasteiger partial charge in [0.2, 0.25) is 0 Å². The van der Waals surface area contributed by atoms with Crippen molar-refractivity contribution >= 4 is 17.2 Å². The van der Waals surface area contributed by atoms with Crippen molar-refractivity contribution in [3.8, 4) is 5.75 Å². The van der Waals surface area contributed by atoms with Crippen LogP contribution >= 0.6 is 12.2 Å². The second kappa shape index (κ2) is 6.71. The van der Waals surface area contributed by atoms with Crippen molar-refractivity contribution in [3.05, 3.63) is 29.3 Å². The predicted molar refractivity (Wildman–Crippen MR) is 80.1 cm³/mol. The van der Waals surface area contributed by atoms with Crippen LogP contribution in [0.4, 0.5) is 0 Å². The molecule has 0 aliphatic rings. The predicted octanol–water partition coefficient (Wildman–Crippen LogP) is 2.56. The number of methoxy groups -OCH3 is 1. The molecule has 0 radical (unpaired) electrons. The van der Waals surface area contributed by atoms with Gasteiger partial charge >= 0.3 is 0 Å². The minimum Gasteiger partial charge on any atom is -0.496 e. The van der Waals surface area contributed by atoms with Crippen molar-refractivity contribution in [1.29, 1.82) is 0 Å². The topological polar surface area (TPSA) is 38.5 Å². The van der Waals surface area contributed by atoms with E-state index in [1.807, 2.05) is 12.1 Å². The molecule has 0 bridgehead atoms. The average molecular weight is 266 g/mol. The lowest BCUT2D eigenvalue weighted by molar-refractivity contribution is 0.243. The molecule has 100 valence electrons. The SMILES string of the molecule is CCC(C)N(C)Cc1ccc(C(N)=S)c(OC)c1. The Morgan fingerprint density at radius 3 is 2.67 bits per heavy atom. The monoisotopic (exact) mass is 266 g/mol. The first-order valence-corrected chi connectivity index (χ1v) is 6.57. The third-order valence-corrected chi connectivity index (χ3v) is 3.53. The van der Waals surface area contributed by atoms with Crippen molar-refractivity contribution in [3.63, 3.8) is 0 Å². The fraction of sp³-hybridized carbons (Fsp3) is 0.500. The van der Waals surface area contributed by atoms with Gasteiger partial charge in [0.25, 0.3) is 0 Å². The number of thiocarbonyl (C=S) groups is 1. The molecule has 1 aromatic carbocycles. The molecule has 0 saturated heterocycles. The van der Waals surface area contributed by atoms with Crippen LogP contribution in [0, 0.1) is 0 Å². The van der Waals surface area contributed by atoms with E-state index in [1.54, 1.807) is 7.11 Å². The molecule has 4 heteroatoms. The van der Waals surface area contributed by atoms with Crippen LogP contribution in [0.15, 0.2) is 18.2 Å². The number of nitrogens with two attached hydrogens (primary N) is 1. The normalized spacial score (nSPS) is 12.5. The lowest BCUT2D eigenvalue weighted by atomic mass is 10.1. The van der Waals surface area contributed by atoms with E-state index >= 15 is 0 Å². The van der Waals surface area contributed by atoms with Gasteiger partial charge in [0.1, 0.15) is 10.7 Å². The summed E-state index contributed by atoms with van der Waals surface area (Å²) >= 11 is 4.99. The summed E-state index contributed by atoms with van der Waals surface area (Å²) in [5.41, 5.74) is 7.65. The summed E-state index contributed by atoms with van der Waals surface area (Å²) in [6.45, 7) is 5.31. The number of benzene rings is 1. The molecule has 0 spiro atoms. The Bertz CT molecular complexity index is 420. The van der Waals surface area contributed by atoms with Crippen LogP contribution in [-0.4, -0.2) is 30.1 Å². The van der Waals surface area contributed by atoms with Gasteiger partial charge in [-0.2, -0.15) is 0 Å². The van der Waals surface area contributed by atoms with Crippen LogP contribution in [0.2, 0.25) is 0 Å². The standard InChI is InChI=1S/C14H22N2OS/c1-5-10(2)16(3)9-11-6-7-12(14(15)18)13(8-11)17-4/h6-8,10H,5,9H2,1-4H3,(H2,15,18). The van der Waals surface area contributed by atoms with E-state index in [4.69, 9.17) is 22.7 Å². The summed E-state index contributed by atoms with van der Waals surface area (Å²) in [5, 5.41) is 0. The maximum atomic E-state index is 5.65. The first-order valence-electron chi connectivity index (χ1n) is 6.16. The zero-order chi connectivity index (χ0) is 13.7. The van der Waals surface area contributed by atoms with Gasteiger partial charge in [-0.3, -0.25) is 4.90 Å². The molecule has 0 aliphatic heterocycles. The third kappa shape index (κ3) is 3.68. The fourth-order valence-corrected chi connectivity index (χ4v) is 1.96. The number of ether oxygens (including phenoxy) is 1. The number of rotatable bonds is 6. The zero-order valence-electron chi connectivity index (χ0n) is 11.6. The van der Waals surface area contributed by atoms with E-state index < -0.39 is 0 Å². The highest BCUT2D eigenvalue weighted by Gasteiger charge is 2.10. The lowest BCUT2D eigenvalue weighted by Gasteiger charge is -2.23. The molecule has 1 rings (SSSR count). The highest BCUT2D eigenvalue weighted by atomic mass is 32.1.